The first-order valence-electron chi connectivity index (χ1n) is 12.2. The first kappa shape index (κ1) is 24.1. The third-order valence-electron chi connectivity index (χ3n) is 6.41. The van der Waals surface area contributed by atoms with Gasteiger partial charge in [0.1, 0.15) is 0 Å². The van der Waals surface area contributed by atoms with Crippen LogP contribution in [0.1, 0.15) is 35.1 Å². The summed E-state index contributed by atoms with van der Waals surface area (Å²) in [6.45, 7) is 5.19. The fourth-order valence-electron chi connectivity index (χ4n) is 4.55. The topological polar surface area (TPSA) is 53.6 Å². The molecular weight excluding hydrogens is 422 g/mol. The highest BCUT2D eigenvalue weighted by Crippen LogP contribution is 2.27. The average molecular weight is 458 g/mol. The lowest BCUT2D eigenvalue weighted by molar-refractivity contribution is -0.120. The summed E-state index contributed by atoms with van der Waals surface area (Å²) in [5, 5.41) is 6.62. The molecule has 3 aromatic rings. The van der Waals surface area contributed by atoms with E-state index >= 15 is 0 Å². The van der Waals surface area contributed by atoms with Crippen LogP contribution in [0.15, 0.2) is 91.0 Å². The minimum atomic E-state index is 0.0304. The number of rotatable bonds is 11. The summed E-state index contributed by atoms with van der Waals surface area (Å²) in [6, 6.07) is 31.5. The predicted molar refractivity (Wildman–Crippen MR) is 137 cm³/mol. The Labute approximate surface area is 203 Å². The quantitative estimate of drug-likeness (QED) is 0.457. The number of hydrogen-bond acceptors (Lipinski definition) is 4. The van der Waals surface area contributed by atoms with E-state index in [4.69, 9.17) is 4.74 Å². The summed E-state index contributed by atoms with van der Waals surface area (Å²) in [5.41, 5.74) is 3.75. The first-order chi connectivity index (χ1) is 16.8. The number of benzene rings is 3. The highest BCUT2D eigenvalue weighted by Gasteiger charge is 2.19. The number of nitrogens with zero attached hydrogens (tertiary/aromatic N) is 1. The van der Waals surface area contributed by atoms with E-state index in [2.05, 4.69) is 88.3 Å². The van der Waals surface area contributed by atoms with Gasteiger partial charge >= 0.3 is 0 Å². The van der Waals surface area contributed by atoms with Gasteiger partial charge < -0.3 is 15.4 Å². The van der Waals surface area contributed by atoms with E-state index in [1.54, 1.807) is 0 Å². The van der Waals surface area contributed by atoms with Crippen LogP contribution in [-0.2, 0) is 9.53 Å². The molecule has 4 rings (SSSR count). The number of hydrogen-bond donors (Lipinski definition) is 2. The van der Waals surface area contributed by atoms with Crippen LogP contribution in [0.4, 0.5) is 0 Å². The highest BCUT2D eigenvalue weighted by molar-refractivity contribution is 5.78. The molecule has 0 radical (unpaired) electrons. The van der Waals surface area contributed by atoms with Gasteiger partial charge in [0, 0.05) is 38.1 Å². The van der Waals surface area contributed by atoms with E-state index in [0.29, 0.717) is 13.1 Å². The Kier molecular flexibility index (Phi) is 9.26. The van der Waals surface area contributed by atoms with Crippen molar-refractivity contribution in [2.75, 3.05) is 45.9 Å². The number of morpholine rings is 1. The van der Waals surface area contributed by atoms with Crippen LogP contribution in [0.5, 0.6) is 0 Å². The van der Waals surface area contributed by atoms with Gasteiger partial charge in [0.15, 0.2) is 0 Å². The van der Waals surface area contributed by atoms with Crippen molar-refractivity contribution in [3.05, 3.63) is 108 Å². The molecule has 1 aliphatic heterocycles. The van der Waals surface area contributed by atoms with E-state index in [1.807, 2.05) is 18.2 Å². The molecule has 1 aliphatic rings. The van der Waals surface area contributed by atoms with E-state index in [1.165, 1.54) is 16.7 Å². The zero-order valence-corrected chi connectivity index (χ0v) is 19.7. The molecule has 1 atom stereocenters. The van der Waals surface area contributed by atoms with Crippen molar-refractivity contribution in [1.82, 2.24) is 15.5 Å². The Morgan fingerprint density at radius 2 is 1.32 bits per heavy atom. The molecule has 1 saturated heterocycles. The molecule has 178 valence electrons. The van der Waals surface area contributed by atoms with Gasteiger partial charge in [0.2, 0.25) is 5.91 Å². The lowest BCUT2D eigenvalue weighted by Gasteiger charge is -2.31. The monoisotopic (exact) mass is 457 g/mol. The second kappa shape index (κ2) is 13.0. The molecular formula is C29H35N3O2. The first-order valence-corrected chi connectivity index (χ1v) is 12.2. The summed E-state index contributed by atoms with van der Waals surface area (Å²) in [5.74, 6) is 0.289. The number of carbonyl (C=O) groups excluding carboxylic acids is 1. The maximum absolute atomic E-state index is 12.7. The molecule has 3 aromatic carbocycles. The molecule has 0 bridgehead atoms. The van der Waals surface area contributed by atoms with Crippen molar-refractivity contribution in [2.24, 2.45) is 0 Å². The summed E-state index contributed by atoms with van der Waals surface area (Å²) < 4.78 is 5.49. The number of nitrogens with one attached hydrogen (secondary N) is 2. The molecule has 0 spiro atoms. The van der Waals surface area contributed by atoms with Gasteiger partial charge in [-0.1, -0.05) is 91.0 Å². The van der Waals surface area contributed by atoms with Gasteiger partial charge in [-0.05, 0) is 23.1 Å². The van der Waals surface area contributed by atoms with Crippen molar-refractivity contribution < 1.29 is 9.53 Å². The zero-order chi connectivity index (χ0) is 23.4. The minimum absolute atomic E-state index is 0.0304. The molecule has 1 amide bonds. The van der Waals surface area contributed by atoms with Crippen molar-refractivity contribution in [1.29, 1.82) is 0 Å². The van der Waals surface area contributed by atoms with Crippen LogP contribution < -0.4 is 10.6 Å². The van der Waals surface area contributed by atoms with E-state index in [9.17, 15) is 4.79 Å². The van der Waals surface area contributed by atoms with Crippen LogP contribution in [0.2, 0.25) is 0 Å². The third-order valence-corrected chi connectivity index (χ3v) is 6.41. The zero-order valence-electron chi connectivity index (χ0n) is 19.7. The molecule has 2 N–H and O–H groups in total. The summed E-state index contributed by atoms with van der Waals surface area (Å²) in [7, 11) is 0. The van der Waals surface area contributed by atoms with Crippen LogP contribution in [0, 0.1) is 0 Å². The van der Waals surface area contributed by atoms with Crippen molar-refractivity contribution in [2.45, 2.75) is 18.4 Å². The smallest absolute Gasteiger partial charge is 0.233 e. The number of carbonyl (C=O) groups is 1. The SMILES string of the molecule is O=C(CN[C@H](CN1CCOCC1)c1ccccc1)NCCC(c1ccccc1)c1ccccc1. The lowest BCUT2D eigenvalue weighted by Crippen LogP contribution is -2.44. The minimum Gasteiger partial charge on any atom is -0.379 e. The Bertz CT molecular complexity index is 937. The van der Waals surface area contributed by atoms with Gasteiger partial charge in [0.25, 0.3) is 0 Å². The molecule has 0 aromatic heterocycles. The van der Waals surface area contributed by atoms with Gasteiger partial charge in [0.05, 0.1) is 19.8 Å². The highest BCUT2D eigenvalue weighted by atomic mass is 16.5. The number of ether oxygens (including phenoxy) is 1. The van der Waals surface area contributed by atoms with Gasteiger partial charge in [-0.2, -0.15) is 0 Å². The Morgan fingerprint density at radius 1 is 0.794 bits per heavy atom. The maximum Gasteiger partial charge on any atom is 0.233 e. The summed E-state index contributed by atoms with van der Waals surface area (Å²) >= 11 is 0. The second-order valence-corrected chi connectivity index (χ2v) is 8.77. The molecule has 5 nitrogen and oxygen atoms in total. The third kappa shape index (κ3) is 7.26. The molecule has 1 fully saturated rings. The average Bonchev–Trinajstić information content (AvgIpc) is 2.91. The van der Waals surface area contributed by atoms with E-state index in [0.717, 1.165) is 39.3 Å². The predicted octanol–water partition coefficient (Wildman–Crippen LogP) is 3.99. The number of amides is 1. The second-order valence-electron chi connectivity index (χ2n) is 8.77. The van der Waals surface area contributed by atoms with Crippen LogP contribution >= 0.6 is 0 Å². The maximum atomic E-state index is 12.7. The Balaban J connectivity index is 1.31. The van der Waals surface area contributed by atoms with Crippen LogP contribution in [0.25, 0.3) is 0 Å². The van der Waals surface area contributed by atoms with Gasteiger partial charge in [-0.15, -0.1) is 0 Å². The van der Waals surface area contributed by atoms with Crippen molar-refractivity contribution >= 4 is 5.91 Å². The molecule has 5 heteroatoms. The molecule has 0 aliphatic carbocycles. The van der Waals surface area contributed by atoms with Crippen LogP contribution in [-0.4, -0.2) is 56.7 Å². The van der Waals surface area contributed by atoms with Gasteiger partial charge in [-0.3, -0.25) is 9.69 Å². The standard InChI is InChI=1S/C29H35N3O2/c33-29(22-31-28(26-14-8-3-9-15-26)23-32-18-20-34-21-19-32)30-17-16-27(24-10-4-1-5-11-24)25-12-6-2-7-13-25/h1-15,27-28,31H,16-23H2,(H,30,33)/t28-/m1/s1. The Hall–Kier alpha value is -2.99. The van der Waals surface area contributed by atoms with E-state index in [-0.39, 0.29) is 17.9 Å². The fourth-order valence-corrected chi connectivity index (χ4v) is 4.55. The summed E-state index contributed by atoms with van der Waals surface area (Å²) in [6.07, 6.45) is 0.857. The molecule has 0 unspecified atom stereocenters. The normalized spacial score (nSPS) is 15.2. The molecule has 0 saturated carbocycles. The van der Waals surface area contributed by atoms with Crippen molar-refractivity contribution in [3.63, 3.8) is 0 Å². The lowest BCUT2D eigenvalue weighted by atomic mass is 9.88. The summed E-state index contributed by atoms with van der Waals surface area (Å²) in [4.78, 5) is 15.1. The largest absolute Gasteiger partial charge is 0.379 e. The Morgan fingerprint density at radius 3 is 1.88 bits per heavy atom. The van der Waals surface area contributed by atoms with Crippen LogP contribution in [0.3, 0.4) is 0 Å². The molecule has 1 heterocycles. The molecule has 34 heavy (non-hydrogen) atoms. The van der Waals surface area contributed by atoms with Gasteiger partial charge in [-0.25, -0.2) is 0 Å². The van der Waals surface area contributed by atoms with Crippen molar-refractivity contribution in [3.8, 4) is 0 Å². The fraction of sp³-hybridized carbons (Fsp3) is 0.345. The van der Waals surface area contributed by atoms with E-state index < -0.39 is 0 Å².